The van der Waals surface area contributed by atoms with Gasteiger partial charge in [0.25, 0.3) is 5.91 Å². The summed E-state index contributed by atoms with van der Waals surface area (Å²) in [6.45, 7) is 3.40. The predicted octanol–water partition coefficient (Wildman–Crippen LogP) is 1.09. The Balaban J connectivity index is 1.92. The quantitative estimate of drug-likeness (QED) is 0.874. The SMILES string of the molecule is COCCN1CC2=C(C1=O)[C@H](c1cccc(C)c1)NC(=O)N2. The normalized spacial score (nSPS) is 20.8. The van der Waals surface area contributed by atoms with E-state index in [0.717, 1.165) is 11.1 Å². The Morgan fingerprint density at radius 3 is 2.91 bits per heavy atom. The molecule has 0 unspecified atom stereocenters. The summed E-state index contributed by atoms with van der Waals surface area (Å²) < 4.78 is 5.04. The number of rotatable bonds is 4. The highest BCUT2D eigenvalue weighted by Gasteiger charge is 2.40. The molecule has 0 radical (unpaired) electrons. The van der Waals surface area contributed by atoms with Crippen LogP contribution < -0.4 is 10.6 Å². The van der Waals surface area contributed by atoms with E-state index in [1.807, 2.05) is 31.2 Å². The summed E-state index contributed by atoms with van der Waals surface area (Å²) in [6, 6.07) is 7.17. The number of nitrogens with one attached hydrogen (secondary N) is 2. The molecule has 2 aliphatic heterocycles. The first-order chi connectivity index (χ1) is 10.6. The maximum Gasteiger partial charge on any atom is 0.319 e. The largest absolute Gasteiger partial charge is 0.383 e. The van der Waals surface area contributed by atoms with Gasteiger partial charge in [0.15, 0.2) is 0 Å². The number of urea groups is 1. The molecular formula is C16H19N3O3. The van der Waals surface area contributed by atoms with Gasteiger partial charge in [0.05, 0.1) is 30.5 Å². The zero-order valence-electron chi connectivity index (χ0n) is 12.7. The molecule has 0 aliphatic carbocycles. The summed E-state index contributed by atoms with van der Waals surface area (Å²) >= 11 is 0. The topological polar surface area (TPSA) is 70.7 Å². The van der Waals surface area contributed by atoms with Gasteiger partial charge >= 0.3 is 6.03 Å². The summed E-state index contributed by atoms with van der Waals surface area (Å²) in [7, 11) is 1.60. The monoisotopic (exact) mass is 301 g/mol. The zero-order chi connectivity index (χ0) is 15.7. The van der Waals surface area contributed by atoms with Gasteiger partial charge in [-0.05, 0) is 12.5 Å². The second kappa shape index (κ2) is 5.81. The molecule has 0 aromatic heterocycles. The minimum absolute atomic E-state index is 0.0499. The lowest BCUT2D eigenvalue weighted by molar-refractivity contribution is -0.126. The first kappa shape index (κ1) is 14.6. The number of carbonyl (C=O) groups is 2. The Hall–Kier alpha value is -2.34. The minimum atomic E-state index is -0.399. The smallest absolute Gasteiger partial charge is 0.319 e. The lowest BCUT2D eigenvalue weighted by Crippen LogP contribution is -2.44. The molecule has 0 bridgehead atoms. The lowest BCUT2D eigenvalue weighted by Gasteiger charge is -2.25. The maximum atomic E-state index is 12.6. The van der Waals surface area contributed by atoms with Crippen molar-refractivity contribution in [2.45, 2.75) is 13.0 Å². The predicted molar refractivity (Wildman–Crippen MR) is 81.1 cm³/mol. The molecule has 3 amide bonds. The fraction of sp³-hybridized carbons (Fsp3) is 0.375. The van der Waals surface area contributed by atoms with Gasteiger partial charge in [0, 0.05) is 13.7 Å². The fourth-order valence-electron chi connectivity index (χ4n) is 2.91. The van der Waals surface area contributed by atoms with E-state index in [0.29, 0.717) is 31.0 Å². The Morgan fingerprint density at radius 2 is 2.18 bits per heavy atom. The summed E-state index contributed by atoms with van der Waals surface area (Å²) in [6.07, 6.45) is 0. The highest BCUT2D eigenvalue weighted by atomic mass is 16.5. The van der Waals surface area contributed by atoms with E-state index in [4.69, 9.17) is 4.74 Å². The number of amides is 3. The van der Waals surface area contributed by atoms with Crippen molar-refractivity contribution in [1.82, 2.24) is 15.5 Å². The van der Waals surface area contributed by atoms with Crippen LogP contribution in [-0.2, 0) is 9.53 Å². The van der Waals surface area contributed by atoms with E-state index >= 15 is 0 Å². The molecule has 22 heavy (non-hydrogen) atoms. The Kier molecular flexibility index (Phi) is 3.85. The van der Waals surface area contributed by atoms with Crippen LogP contribution in [0, 0.1) is 6.92 Å². The van der Waals surface area contributed by atoms with Gasteiger partial charge in [-0.2, -0.15) is 0 Å². The average molecular weight is 301 g/mol. The Labute approximate surface area is 129 Å². The van der Waals surface area contributed by atoms with Crippen LogP contribution in [0.4, 0.5) is 4.79 Å². The second-order valence-corrected chi connectivity index (χ2v) is 5.56. The maximum absolute atomic E-state index is 12.6. The molecule has 1 aromatic carbocycles. The van der Waals surface area contributed by atoms with Crippen molar-refractivity contribution >= 4 is 11.9 Å². The molecule has 1 aromatic rings. The molecule has 6 nitrogen and oxygen atoms in total. The van der Waals surface area contributed by atoms with Gasteiger partial charge in [-0.1, -0.05) is 29.8 Å². The van der Waals surface area contributed by atoms with Crippen LogP contribution in [0.3, 0.4) is 0 Å². The summed E-state index contributed by atoms with van der Waals surface area (Å²) in [5.74, 6) is -0.0499. The summed E-state index contributed by atoms with van der Waals surface area (Å²) in [4.78, 5) is 26.2. The van der Waals surface area contributed by atoms with Crippen molar-refractivity contribution in [3.8, 4) is 0 Å². The van der Waals surface area contributed by atoms with Crippen LogP contribution in [0.25, 0.3) is 0 Å². The molecule has 0 spiro atoms. The molecule has 2 heterocycles. The third-order valence-corrected chi connectivity index (χ3v) is 3.96. The van der Waals surface area contributed by atoms with Crippen LogP contribution in [0.2, 0.25) is 0 Å². The molecule has 2 aliphatic rings. The van der Waals surface area contributed by atoms with Gasteiger partial charge in [-0.25, -0.2) is 4.79 Å². The molecule has 116 valence electrons. The first-order valence-electron chi connectivity index (χ1n) is 7.25. The van der Waals surface area contributed by atoms with Gasteiger partial charge in [-0.15, -0.1) is 0 Å². The van der Waals surface area contributed by atoms with Crippen molar-refractivity contribution in [2.24, 2.45) is 0 Å². The van der Waals surface area contributed by atoms with Crippen LogP contribution in [-0.4, -0.2) is 43.6 Å². The van der Waals surface area contributed by atoms with Crippen LogP contribution >= 0.6 is 0 Å². The summed E-state index contributed by atoms with van der Waals surface area (Å²) in [5, 5.41) is 5.61. The number of ether oxygens (including phenoxy) is 1. The van der Waals surface area contributed by atoms with Crippen molar-refractivity contribution in [3.05, 3.63) is 46.7 Å². The van der Waals surface area contributed by atoms with Crippen LogP contribution in [0.5, 0.6) is 0 Å². The van der Waals surface area contributed by atoms with E-state index in [-0.39, 0.29) is 11.9 Å². The van der Waals surface area contributed by atoms with Crippen molar-refractivity contribution < 1.29 is 14.3 Å². The standard InChI is InChI=1S/C16H19N3O3/c1-10-4-3-5-11(8-10)14-13-12(17-16(21)18-14)9-19(15(13)20)6-7-22-2/h3-5,8,14H,6-7,9H2,1-2H3,(H2,17,18,21)/t14-/m0/s1. The number of carbonyl (C=O) groups excluding carboxylic acids is 2. The lowest BCUT2D eigenvalue weighted by atomic mass is 9.95. The number of hydrogen-bond donors (Lipinski definition) is 2. The second-order valence-electron chi connectivity index (χ2n) is 5.56. The van der Waals surface area contributed by atoms with Crippen LogP contribution in [0.15, 0.2) is 35.5 Å². The number of hydrogen-bond acceptors (Lipinski definition) is 3. The van der Waals surface area contributed by atoms with Crippen molar-refractivity contribution in [3.63, 3.8) is 0 Å². The zero-order valence-corrected chi connectivity index (χ0v) is 12.7. The molecule has 1 atom stereocenters. The van der Waals surface area contributed by atoms with E-state index in [1.54, 1.807) is 12.0 Å². The first-order valence-corrected chi connectivity index (χ1v) is 7.25. The van der Waals surface area contributed by atoms with Crippen LogP contribution in [0.1, 0.15) is 17.2 Å². The number of methoxy groups -OCH3 is 1. The Morgan fingerprint density at radius 1 is 1.36 bits per heavy atom. The van der Waals surface area contributed by atoms with E-state index in [9.17, 15) is 9.59 Å². The number of nitrogens with zero attached hydrogens (tertiary/aromatic N) is 1. The van der Waals surface area contributed by atoms with E-state index in [1.165, 1.54) is 0 Å². The highest BCUT2D eigenvalue weighted by molar-refractivity contribution is 6.01. The molecule has 0 saturated heterocycles. The number of benzene rings is 1. The highest BCUT2D eigenvalue weighted by Crippen LogP contribution is 2.32. The average Bonchev–Trinajstić information content (AvgIpc) is 2.80. The fourth-order valence-corrected chi connectivity index (χ4v) is 2.91. The number of aryl methyl sites for hydroxylation is 1. The van der Waals surface area contributed by atoms with Gasteiger partial charge in [0.1, 0.15) is 0 Å². The third kappa shape index (κ3) is 2.57. The van der Waals surface area contributed by atoms with Crippen molar-refractivity contribution in [1.29, 1.82) is 0 Å². The minimum Gasteiger partial charge on any atom is -0.383 e. The van der Waals surface area contributed by atoms with E-state index < -0.39 is 6.04 Å². The molecule has 2 N–H and O–H groups in total. The van der Waals surface area contributed by atoms with Gasteiger partial charge in [0.2, 0.25) is 0 Å². The van der Waals surface area contributed by atoms with Gasteiger partial charge in [-0.3, -0.25) is 4.79 Å². The van der Waals surface area contributed by atoms with E-state index in [2.05, 4.69) is 10.6 Å². The molecule has 6 heteroatoms. The molecular weight excluding hydrogens is 282 g/mol. The third-order valence-electron chi connectivity index (χ3n) is 3.96. The Bertz CT molecular complexity index is 654. The molecule has 3 rings (SSSR count). The van der Waals surface area contributed by atoms with Crippen molar-refractivity contribution in [2.75, 3.05) is 26.8 Å². The summed E-state index contributed by atoms with van der Waals surface area (Å²) in [5.41, 5.74) is 3.33. The molecule has 0 fully saturated rings. The van der Waals surface area contributed by atoms with Gasteiger partial charge < -0.3 is 20.3 Å². The molecule has 0 saturated carbocycles.